The quantitative estimate of drug-likeness (QED) is 0.470. The molecule has 1 aliphatic rings. The first kappa shape index (κ1) is 8.74. The Bertz CT molecular complexity index is 162. The van der Waals surface area contributed by atoms with Gasteiger partial charge in [-0.2, -0.15) is 0 Å². The molecule has 3 nitrogen and oxygen atoms in total. The van der Waals surface area contributed by atoms with Gasteiger partial charge in [0.1, 0.15) is 0 Å². The van der Waals surface area contributed by atoms with Crippen LogP contribution in [-0.4, -0.2) is 20.6 Å². The van der Waals surface area contributed by atoms with E-state index in [-0.39, 0.29) is 12.3 Å². The molecule has 1 aliphatic heterocycles. The molecule has 11 heavy (non-hydrogen) atoms. The minimum Gasteiger partial charge on any atom is -0.437 e. The summed E-state index contributed by atoms with van der Waals surface area (Å²) in [6.07, 6.45) is 0.979. The second-order valence-corrected chi connectivity index (χ2v) is 8.15. The van der Waals surface area contributed by atoms with Crippen molar-refractivity contribution in [2.24, 2.45) is 0 Å². The van der Waals surface area contributed by atoms with Gasteiger partial charge in [0.25, 0.3) is 0 Å². The van der Waals surface area contributed by atoms with Crippen LogP contribution in [0, 0.1) is 0 Å². The summed E-state index contributed by atoms with van der Waals surface area (Å²) < 4.78 is 10.5. The maximum Gasteiger partial charge on any atom is 0.308 e. The highest BCUT2D eigenvalue weighted by Crippen LogP contribution is 2.18. The smallest absolute Gasteiger partial charge is 0.308 e. The van der Waals surface area contributed by atoms with Crippen molar-refractivity contribution < 1.29 is 14.0 Å². The van der Waals surface area contributed by atoms with Crippen molar-refractivity contribution in [3.05, 3.63) is 0 Å². The van der Waals surface area contributed by atoms with Crippen LogP contribution in [0.15, 0.2) is 0 Å². The summed E-state index contributed by atoms with van der Waals surface area (Å²) in [7, 11) is -1.53. The van der Waals surface area contributed by atoms with E-state index in [9.17, 15) is 4.79 Å². The van der Waals surface area contributed by atoms with Gasteiger partial charge in [-0.25, -0.2) is 0 Å². The summed E-state index contributed by atoms with van der Waals surface area (Å²) in [6.45, 7) is 6.25. The lowest BCUT2D eigenvalue weighted by atomic mass is 10.4. The molecule has 1 fully saturated rings. The highest BCUT2D eigenvalue weighted by atomic mass is 28.4. The van der Waals surface area contributed by atoms with Crippen molar-refractivity contribution in [1.82, 2.24) is 0 Å². The molecule has 0 saturated carbocycles. The maximum absolute atomic E-state index is 10.7. The van der Waals surface area contributed by atoms with Crippen molar-refractivity contribution in [3.8, 4) is 0 Å². The van der Waals surface area contributed by atoms with Gasteiger partial charge in [-0.1, -0.05) is 0 Å². The van der Waals surface area contributed by atoms with Crippen LogP contribution in [0.2, 0.25) is 19.6 Å². The van der Waals surface area contributed by atoms with Crippen molar-refractivity contribution in [1.29, 1.82) is 0 Å². The van der Waals surface area contributed by atoms with E-state index >= 15 is 0 Å². The predicted octanol–water partition coefficient (Wildman–Crippen LogP) is 1.50. The van der Waals surface area contributed by atoms with Crippen LogP contribution in [0.1, 0.15) is 12.8 Å². The SMILES string of the molecule is C[Si](C)(C)OC1CCC(=O)O1. The second-order valence-electron chi connectivity index (χ2n) is 3.69. The fraction of sp³-hybridized carbons (Fsp3) is 0.857. The van der Waals surface area contributed by atoms with Crippen LogP contribution in [0.5, 0.6) is 0 Å². The topological polar surface area (TPSA) is 35.5 Å². The Morgan fingerprint density at radius 2 is 2.18 bits per heavy atom. The fourth-order valence-electron chi connectivity index (χ4n) is 0.977. The van der Waals surface area contributed by atoms with Gasteiger partial charge in [0, 0.05) is 6.42 Å². The molecule has 0 amide bonds. The van der Waals surface area contributed by atoms with Gasteiger partial charge in [0.05, 0.1) is 6.42 Å². The van der Waals surface area contributed by atoms with E-state index in [1.807, 2.05) is 0 Å². The summed E-state index contributed by atoms with van der Waals surface area (Å²) in [6, 6.07) is 0. The molecule has 0 bridgehead atoms. The molecule has 0 aromatic carbocycles. The molecule has 0 N–H and O–H groups in total. The number of ether oxygens (including phenoxy) is 1. The zero-order valence-electron chi connectivity index (χ0n) is 7.22. The lowest BCUT2D eigenvalue weighted by Crippen LogP contribution is -2.31. The van der Waals surface area contributed by atoms with E-state index in [2.05, 4.69) is 19.6 Å². The van der Waals surface area contributed by atoms with E-state index in [1.165, 1.54) is 0 Å². The average molecular weight is 174 g/mol. The highest BCUT2D eigenvalue weighted by Gasteiger charge is 2.28. The second kappa shape index (κ2) is 2.95. The Balaban J connectivity index is 2.34. The molecule has 1 saturated heterocycles. The summed E-state index contributed by atoms with van der Waals surface area (Å²) in [5.41, 5.74) is 0. The van der Waals surface area contributed by atoms with Crippen LogP contribution in [0.3, 0.4) is 0 Å². The van der Waals surface area contributed by atoms with E-state index in [0.29, 0.717) is 6.42 Å². The molecule has 4 heteroatoms. The fourth-order valence-corrected chi connectivity index (χ4v) is 1.93. The first-order valence-corrected chi connectivity index (χ1v) is 7.25. The largest absolute Gasteiger partial charge is 0.437 e. The normalized spacial score (nSPS) is 25.4. The van der Waals surface area contributed by atoms with Gasteiger partial charge in [-0.3, -0.25) is 4.79 Å². The number of rotatable bonds is 2. The van der Waals surface area contributed by atoms with Crippen LogP contribution in [-0.2, 0) is 14.0 Å². The van der Waals surface area contributed by atoms with Crippen molar-refractivity contribution in [2.75, 3.05) is 0 Å². The van der Waals surface area contributed by atoms with Crippen LogP contribution >= 0.6 is 0 Å². The summed E-state index contributed by atoms with van der Waals surface area (Å²) in [5.74, 6) is -0.131. The Kier molecular flexibility index (Phi) is 2.34. The summed E-state index contributed by atoms with van der Waals surface area (Å²) in [5, 5.41) is 0. The number of carbonyl (C=O) groups excluding carboxylic acids is 1. The maximum atomic E-state index is 10.7. The summed E-state index contributed by atoms with van der Waals surface area (Å²) in [4.78, 5) is 10.7. The number of esters is 1. The standard InChI is InChI=1S/C7H14O3Si/c1-11(2,3)10-7-5-4-6(8)9-7/h7H,4-5H2,1-3H3. The molecular weight excluding hydrogens is 160 g/mol. The zero-order chi connectivity index (χ0) is 8.48. The molecule has 0 aliphatic carbocycles. The van der Waals surface area contributed by atoms with E-state index in [1.54, 1.807) is 0 Å². The molecule has 0 spiro atoms. The third kappa shape index (κ3) is 3.03. The van der Waals surface area contributed by atoms with Crippen molar-refractivity contribution in [2.45, 2.75) is 38.8 Å². The molecule has 0 radical (unpaired) electrons. The predicted molar refractivity (Wildman–Crippen MR) is 43.5 cm³/mol. The summed E-state index contributed by atoms with van der Waals surface area (Å²) >= 11 is 0. The van der Waals surface area contributed by atoms with E-state index in [0.717, 1.165) is 6.42 Å². The Morgan fingerprint density at radius 1 is 1.55 bits per heavy atom. The molecule has 0 aromatic heterocycles. The number of cyclic esters (lactones) is 1. The number of carbonyl (C=O) groups is 1. The molecule has 1 rings (SSSR count). The average Bonchev–Trinajstić information content (AvgIpc) is 2.10. The van der Waals surface area contributed by atoms with Gasteiger partial charge >= 0.3 is 5.97 Å². The lowest BCUT2D eigenvalue weighted by molar-refractivity contribution is -0.151. The third-order valence-electron chi connectivity index (χ3n) is 1.33. The van der Waals surface area contributed by atoms with Crippen LogP contribution in [0.4, 0.5) is 0 Å². The lowest BCUT2D eigenvalue weighted by Gasteiger charge is -2.21. The van der Waals surface area contributed by atoms with Gasteiger partial charge in [0.15, 0.2) is 14.6 Å². The molecule has 1 unspecified atom stereocenters. The number of hydrogen-bond acceptors (Lipinski definition) is 3. The highest BCUT2D eigenvalue weighted by molar-refractivity contribution is 6.69. The van der Waals surface area contributed by atoms with E-state index in [4.69, 9.17) is 9.16 Å². The Labute approximate surface area is 67.8 Å². The molecule has 0 aromatic rings. The molecule has 64 valence electrons. The van der Waals surface area contributed by atoms with Crippen molar-refractivity contribution in [3.63, 3.8) is 0 Å². The van der Waals surface area contributed by atoms with Crippen molar-refractivity contribution >= 4 is 14.3 Å². The van der Waals surface area contributed by atoms with Gasteiger partial charge < -0.3 is 9.16 Å². The van der Waals surface area contributed by atoms with Gasteiger partial charge in [-0.15, -0.1) is 0 Å². The minimum atomic E-state index is -1.53. The molecule has 1 heterocycles. The number of hydrogen-bond donors (Lipinski definition) is 0. The monoisotopic (exact) mass is 174 g/mol. The molecule has 1 atom stereocenters. The zero-order valence-corrected chi connectivity index (χ0v) is 8.22. The third-order valence-corrected chi connectivity index (χ3v) is 2.30. The first-order valence-electron chi connectivity index (χ1n) is 3.85. The van der Waals surface area contributed by atoms with Crippen LogP contribution < -0.4 is 0 Å². The minimum absolute atomic E-state index is 0.131. The van der Waals surface area contributed by atoms with Gasteiger partial charge in [-0.05, 0) is 19.6 Å². The first-order chi connectivity index (χ1) is 4.97. The van der Waals surface area contributed by atoms with E-state index < -0.39 is 8.32 Å². The van der Waals surface area contributed by atoms with Crippen LogP contribution in [0.25, 0.3) is 0 Å². The molecular formula is C7H14O3Si. The Morgan fingerprint density at radius 3 is 2.55 bits per heavy atom. The Hall–Kier alpha value is -0.353. The van der Waals surface area contributed by atoms with Gasteiger partial charge in [0.2, 0.25) is 0 Å².